The molecule has 0 unspecified atom stereocenters. The highest BCUT2D eigenvalue weighted by atomic mass is 16.2. The molecule has 0 spiro atoms. The highest BCUT2D eigenvalue weighted by Crippen LogP contribution is 2.14. The van der Waals surface area contributed by atoms with E-state index in [9.17, 15) is 4.79 Å². The first kappa shape index (κ1) is 11.3. The van der Waals surface area contributed by atoms with Gasteiger partial charge in [-0.25, -0.2) is 0 Å². The number of carbonyl (C=O) groups is 1. The number of amides is 1. The monoisotopic (exact) mass is 230 g/mol. The van der Waals surface area contributed by atoms with Crippen molar-refractivity contribution in [2.75, 3.05) is 5.32 Å². The average molecular weight is 230 g/mol. The van der Waals surface area contributed by atoms with Crippen LogP contribution in [-0.4, -0.2) is 16.1 Å². The number of nitrogens with zero attached hydrogens (tertiary/aromatic N) is 1. The molecule has 0 aliphatic carbocycles. The zero-order valence-electron chi connectivity index (χ0n) is 9.47. The number of carbonyl (C=O) groups excluding carboxylic acids is 1. The predicted molar refractivity (Wildman–Crippen MR) is 65.3 cm³/mol. The summed E-state index contributed by atoms with van der Waals surface area (Å²) in [5.74, 6) is 0.324. The molecule has 0 fully saturated rings. The molecule has 0 bridgehead atoms. The van der Waals surface area contributed by atoms with Gasteiger partial charge in [0.25, 0.3) is 0 Å². The van der Waals surface area contributed by atoms with Crippen molar-refractivity contribution in [1.29, 1.82) is 0 Å². The molecule has 2 rings (SSSR count). The summed E-state index contributed by atoms with van der Waals surface area (Å²) in [4.78, 5) is 11.9. The van der Waals surface area contributed by atoms with Crippen LogP contribution in [0.4, 0.5) is 5.82 Å². The minimum atomic E-state index is -0.682. The van der Waals surface area contributed by atoms with Crippen LogP contribution in [0.1, 0.15) is 17.2 Å². The van der Waals surface area contributed by atoms with E-state index in [2.05, 4.69) is 15.5 Å². The van der Waals surface area contributed by atoms with Crippen LogP contribution in [0.15, 0.2) is 36.5 Å². The molecular weight excluding hydrogens is 216 g/mol. The minimum absolute atomic E-state index is 0.261. The smallest absolute Gasteiger partial charge is 0.247 e. The standard InChI is InChI=1S/C12H14N4O/c1-8-7-14-16-11(8)15-12(17)10(13)9-5-3-2-4-6-9/h2-7,10H,13H2,1H3,(H2,14,15,16,17)/t10-/m0/s1. The Morgan fingerprint density at radius 2 is 2.12 bits per heavy atom. The molecule has 1 aromatic carbocycles. The number of nitrogens with one attached hydrogen (secondary N) is 2. The molecule has 4 N–H and O–H groups in total. The SMILES string of the molecule is Cc1cn[nH]c1NC(=O)[C@@H](N)c1ccccc1. The number of aromatic amines is 1. The van der Waals surface area contributed by atoms with Crippen molar-refractivity contribution in [3.05, 3.63) is 47.7 Å². The molecule has 5 heteroatoms. The summed E-state index contributed by atoms with van der Waals surface area (Å²) in [6, 6.07) is 8.55. The van der Waals surface area contributed by atoms with Gasteiger partial charge in [0.2, 0.25) is 5.91 Å². The molecule has 0 radical (unpaired) electrons. The van der Waals surface area contributed by atoms with Crippen LogP contribution >= 0.6 is 0 Å². The fourth-order valence-corrected chi connectivity index (χ4v) is 1.49. The number of anilines is 1. The molecule has 5 nitrogen and oxygen atoms in total. The Morgan fingerprint density at radius 1 is 1.41 bits per heavy atom. The number of hydrogen-bond donors (Lipinski definition) is 3. The lowest BCUT2D eigenvalue weighted by Crippen LogP contribution is -2.28. The normalized spacial score (nSPS) is 12.1. The van der Waals surface area contributed by atoms with E-state index in [1.807, 2.05) is 37.3 Å². The molecule has 1 aromatic heterocycles. The Hall–Kier alpha value is -2.14. The lowest BCUT2D eigenvalue weighted by molar-refractivity contribution is -0.117. The average Bonchev–Trinajstić information content (AvgIpc) is 2.75. The first-order valence-corrected chi connectivity index (χ1v) is 5.30. The number of aryl methyl sites for hydroxylation is 1. The molecule has 0 saturated heterocycles. The zero-order valence-corrected chi connectivity index (χ0v) is 9.47. The molecule has 1 amide bonds. The van der Waals surface area contributed by atoms with Gasteiger partial charge in [0.1, 0.15) is 11.9 Å². The van der Waals surface area contributed by atoms with Gasteiger partial charge >= 0.3 is 0 Å². The minimum Gasteiger partial charge on any atom is -0.316 e. The maximum Gasteiger partial charge on any atom is 0.247 e. The molecule has 1 atom stereocenters. The number of benzene rings is 1. The Labute approximate surface area is 99.0 Å². The van der Waals surface area contributed by atoms with Gasteiger partial charge in [0.05, 0.1) is 6.20 Å². The van der Waals surface area contributed by atoms with Gasteiger partial charge in [-0.15, -0.1) is 0 Å². The number of hydrogen-bond acceptors (Lipinski definition) is 3. The van der Waals surface area contributed by atoms with Gasteiger partial charge in [-0.3, -0.25) is 9.89 Å². The van der Waals surface area contributed by atoms with E-state index in [-0.39, 0.29) is 5.91 Å². The number of nitrogens with two attached hydrogens (primary N) is 1. The topological polar surface area (TPSA) is 83.8 Å². The highest BCUT2D eigenvalue weighted by Gasteiger charge is 2.16. The van der Waals surface area contributed by atoms with Crippen LogP contribution in [-0.2, 0) is 4.79 Å². The van der Waals surface area contributed by atoms with Gasteiger partial charge in [0, 0.05) is 5.56 Å². The Morgan fingerprint density at radius 3 is 2.71 bits per heavy atom. The van der Waals surface area contributed by atoms with Gasteiger partial charge in [0.15, 0.2) is 0 Å². The van der Waals surface area contributed by atoms with E-state index in [1.54, 1.807) is 6.20 Å². The number of rotatable bonds is 3. The summed E-state index contributed by atoms with van der Waals surface area (Å²) in [7, 11) is 0. The van der Waals surface area contributed by atoms with Gasteiger partial charge in [-0.2, -0.15) is 5.10 Å². The van der Waals surface area contributed by atoms with Gasteiger partial charge in [-0.05, 0) is 12.5 Å². The third-order valence-corrected chi connectivity index (χ3v) is 2.52. The largest absolute Gasteiger partial charge is 0.316 e. The van der Waals surface area contributed by atoms with Crippen LogP contribution < -0.4 is 11.1 Å². The number of H-pyrrole nitrogens is 1. The van der Waals surface area contributed by atoms with Crippen molar-refractivity contribution in [2.24, 2.45) is 5.73 Å². The zero-order chi connectivity index (χ0) is 12.3. The second-order valence-corrected chi connectivity index (χ2v) is 3.81. The highest BCUT2D eigenvalue weighted by molar-refractivity contribution is 5.95. The second-order valence-electron chi connectivity index (χ2n) is 3.81. The van der Waals surface area contributed by atoms with Crippen molar-refractivity contribution in [1.82, 2.24) is 10.2 Å². The summed E-state index contributed by atoms with van der Waals surface area (Å²) in [5, 5.41) is 9.24. The summed E-state index contributed by atoms with van der Waals surface area (Å²) in [6.07, 6.45) is 1.64. The van der Waals surface area contributed by atoms with E-state index in [0.29, 0.717) is 5.82 Å². The molecule has 0 aliphatic rings. The van der Waals surface area contributed by atoms with E-state index in [0.717, 1.165) is 11.1 Å². The van der Waals surface area contributed by atoms with Crippen molar-refractivity contribution < 1.29 is 4.79 Å². The summed E-state index contributed by atoms with van der Waals surface area (Å²) in [6.45, 7) is 1.85. The van der Waals surface area contributed by atoms with Crippen molar-refractivity contribution in [2.45, 2.75) is 13.0 Å². The Kier molecular flexibility index (Phi) is 3.20. The van der Waals surface area contributed by atoms with Crippen LogP contribution in [0, 0.1) is 6.92 Å². The van der Waals surface area contributed by atoms with Gasteiger partial charge in [-0.1, -0.05) is 30.3 Å². The van der Waals surface area contributed by atoms with E-state index in [4.69, 9.17) is 5.73 Å². The van der Waals surface area contributed by atoms with E-state index < -0.39 is 6.04 Å². The first-order chi connectivity index (χ1) is 8.18. The Bertz CT molecular complexity index is 506. The molecule has 0 aliphatic heterocycles. The third kappa shape index (κ3) is 2.51. The van der Waals surface area contributed by atoms with Crippen LogP contribution in [0.5, 0.6) is 0 Å². The summed E-state index contributed by atoms with van der Waals surface area (Å²) >= 11 is 0. The molecule has 0 saturated carbocycles. The first-order valence-electron chi connectivity index (χ1n) is 5.30. The van der Waals surface area contributed by atoms with Crippen LogP contribution in [0.2, 0.25) is 0 Å². The Balaban J connectivity index is 2.09. The lowest BCUT2D eigenvalue weighted by atomic mass is 10.1. The van der Waals surface area contributed by atoms with Crippen molar-refractivity contribution >= 4 is 11.7 Å². The molecule has 1 heterocycles. The summed E-state index contributed by atoms with van der Waals surface area (Å²) in [5.41, 5.74) is 7.51. The predicted octanol–water partition coefficient (Wildman–Crippen LogP) is 1.36. The fourth-order valence-electron chi connectivity index (χ4n) is 1.49. The van der Waals surface area contributed by atoms with Crippen molar-refractivity contribution in [3.63, 3.8) is 0 Å². The lowest BCUT2D eigenvalue weighted by Gasteiger charge is -2.11. The number of aromatic nitrogens is 2. The van der Waals surface area contributed by atoms with Gasteiger partial charge < -0.3 is 11.1 Å². The van der Waals surface area contributed by atoms with Crippen molar-refractivity contribution in [3.8, 4) is 0 Å². The second kappa shape index (κ2) is 4.80. The molecular formula is C12H14N4O. The fraction of sp³-hybridized carbons (Fsp3) is 0.167. The molecule has 17 heavy (non-hydrogen) atoms. The summed E-state index contributed by atoms with van der Waals surface area (Å²) < 4.78 is 0. The van der Waals surface area contributed by atoms with E-state index in [1.165, 1.54) is 0 Å². The molecule has 2 aromatic rings. The van der Waals surface area contributed by atoms with Crippen LogP contribution in [0.3, 0.4) is 0 Å². The quantitative estimate of drug-likeness (QED) is 0.744. The van der Waals surface area contributed by atoms with E-state index >= 15 is 0 Å². The molecule has 88 valence electrons. The third-order valence-electron chi connectivity index (χ3n) is 2.52. The maximum absolute atomic E-state index is 11.9. The van der Waals surface area contributed by atoms with Crippen LogP contribution in [0.25, 0.3) is 0 Å². The maximum atomic E-state index is 11.9.